The number of nitrogens with one attached hydrogen (secondary N) is 1. The van der Waals surface area contributed by atoms with Crippen molar-refractivity contribution in [1.82, 2.24) is 5.32 Å². The van der Waals surface area contributed by atoms with E-state index in [1.807, 2.05) is 0 Å². The highest BCUT2D eigenvalue weighted by Crippen LogP contribution is 2.00. The minimum Gasteiger partial charge on any atom is -0.333 e. The van der Waals surface area contributed by atoms with Crippen LogP contribution in [0.25, 0.3) is 0 Å². The van der Waals surface area contributed by atoms with E-state index in [0.29, 0.717) is 19.3 Å². The van der Waals surface area contributed by atoms with Gasteiger partial charge in [-0.15, -0.1) is 0 Å². The van der Waals surface area contributed by atoms with Crippen molar-refractivity contribution >= 4 is 11.8 Å². The summed E-state index contributed by atoms with van der Waals surface area (Å²) in [5.74, 6) is -0.275. The van der Waals surface area contributed by atoms with Crippen LogP contribution < -0.4 is 11.1 Å². The van der Waals surface area contributed by atoms with Crippen LogP contribution >= 0.6 is 0 Å². The third-order valence-electron chi connectivity index (χ3n) is 1.09. The molecule has 0 unspecified atom stereocenters. The van der Waals surface area contributed by atoms with Gasteiger partial charge in [0.2, 0.25) is 11.8 Å². The number of hydrogen-bond acceptors (Lipinski definition) is 3. The first kappa shape index (κ1) is 9.10. The average molecular weight is 144 g/mol. The Balaban J connectivity index is 0.000000371. The molecule has 0 aliphatic carbocycles. The third kappa shape index (κ3) is 3.19. The molecule has 58 valence electrons. The molecule has 0 spiro atoms. The fraction of sp³-hybridized carbons (Fsp3) is 0.667. The minimum atomic E-state index is -0.138. The summed E-state index contributed by atoms with van der Waals surface area (Å²) in [6.45, 7) is 0. The number of imide groups is 1. The monoisotopic (exact) mass is 144 g/mol. The normalized spacial score (nSPS) is 17.0. The van der Waals surface area contributed by atoms with Gasteiger partial charge in [0.05, 0.1) is 0 Å². The second-order valence-corrected chi connectivity index (χ2v) is 1.82. The van der Waals surface area contributed by atoms with Crippen molar-refractivity contribution in [3.05, 3.63) is 0 Å². The van der Waals surface area contributed by atoms with E-state index in [9.17, 15) is 9.59 Å². The summed E-state index contributed by atoms with van der Waals surface area (Å²) in [4.78, 5) is 20.7. The Kier molecular flexibility index (Phi) is 4.49. The number of amides is 2. The summed E-state index contributed by atoms with van der Waals surface area (Å²) in [7, 11) is 1.50. The van der Waals surface area contributed by atoms with Gasteiger partial charge < -0.3 is 5.73 Å². The van der Waals surface area contributed by atoms with E-state index in [1.54, 1.807) is 0 Å². The molecular formula is C6H12N2O2. The van der Waals surface area contributed by atoms with Crippen molar-refractivity contribution in [2.24, 2.45) is 5.73 Å². The molecule has 0 aromatic carbocycles. The van der Waals surface area contributed by atoms with Gasteiger partial charge in [0.25, 0.3) is 0 Å². The summed E-state index contributed by atoms with van der Waals surface area (Å²) in [5, 5.41) is 2.20. The topological polar surface area (TPSA) is 72.2 Å². The molecule has 0 atom stereocenters. The molecule has 4 heteroatoms. The Morgan fingerprint density at radius 2 is 1.60 bits per heavy atom. The molecule has 1 aliphatic rings. The smallest absolute Gasteiger partial charge is 0.226 e. The lowest BCUT2D eigenvalue weighted by atomic mass is 10.1. The number of carbonyl (C=O) groups excluding carboxylic acids is 2. The SMILES string of the molecule is CN.O=C1CCCC(=O)N1. The number of carbonyl (C=O) groups is 2. The van der Waals surface area contributed by atoms with Crippen LogP contribution in [0.3, 0.4) is 0 Å². The van der Waals surface area contributed by atoms with E-state index in [4.69, 9.17) is 0 Å². The predicted molar refractivity (Wildman–Crippen MR) is 37.1 cm³/mol. The van der Waals surface area contributed by atoms with Crippen LogP contribution in [-0.2, 0) is 9.59 Å². The number of rotatable bonds is 0. The molecule has 10 heavy (non-hydrogen) atoms. The molecule has 0 radical (unpaired) electrons. The van der Waals surface area contributed by atoms with E-state index in [0.717, 1.165) is 0 Å². The van der Waals surface area contributed by atoms with Crippen molar-refractivity contribution in [3.63, 3.8) is 0 Å². The molecule has 2 amide bonds. The molecule has 1 heterocycles. The summed E-state index contributed by atoms with van der Waals surface area (Å²) >= 11 is 0. The molecule has 3 N–H and O–H groups in total. The Bertz CT molecular complexity index is 120. The van der Waals surface area contributed by atoms with E-state index in [2.05, 4.69) is 11.1 Å². The molecule has 0 saturated carbocycles. The van der Waals surface area contributed by atoms with Crippen LogP contribution in [-0.4, -0.2) is 18.9 Å². The first-order valence-electron chi connectivity index (χ1n) is 3.19. The largest absolute Gasteiger partial charge is 0.333 e. The zero-order chi connectivity index (χ0) is 7.98. The van der Waals surface area contributed by atoms with Gasteiger partial charge in [-0.3, -0.25) is 14.9 Å². The van der Waals surface area contributed by atoms with Gasteiger partial charge >= 0.3 is 0 Å². The van der Waals surface area contributed by atoms with E-state index < -0.39 is 0 Å². The van der Waals surface area contributed by atoms with Crippen LogP contribution in [0, 0.1) is 0 Å². The zero-order valence-electron chi connectivity index (χ0n) is 6.02. The van der Waals surface area contributed by atoms with E-state index >= 15 is 0 Å². The lowest BCUT2D eigenvalue weighted by molar-refractivity contribution is -0.132. The van der Waals surface area contributed by atoms with Crippen molar-refractivity contribution < 1.29 is 9.59 Å². The third-order valence-corrected chi connectivity index (χ3v) is 1.09. The van der Waals surface area contributed by atoms with Crippen molar-refractivity contribution in [3.8, 4) is 0 Å². The number of piperidine rings is 1. The van der Waals surface area contributed by atoms with Gasteiger partial charge in [-0.25, -0.2) is 0 Å². The van der Waals surface area contributed by atoms with Crippen LogP contribution in [0.4, 0.5) is 0 Å². The van der Waals surface area contributed by atoms with Crippen LogP contribution in [0.15, 0.2) is 0 Å². The van der Waals surface area contributed by atoms with E-state index in [-0.39, 0.29) is 11.8 Å². The second kappa shape index (κ2) is 4.93. The van der Waals surface area contributed by atoms with Crippen molar-refractivity contribution in [2.45, 2.75) is 19.3 Å². The zero-order valence-corrected chi connectivity index (χ0v) is 6.02. The van der Waals surface area contributed by atoms with Crippen molar-refractivity contribution in [2.75, 3.05) is 7.05 Å². The Morgan fingerprint density at radius 1 is 1.20 bits per heavy atom. The van der Waals surface area contributed by atoms with Gasteiger partial charge in [-0.1, -0.05) is 0 Å². The van der Waals surface area contributed by atoms with Gasteiger partial charge in [0.1, 0.15) is 0 Å². The van der Waals surface area contributed by atoms with E-state index in [1.165, 1.54) is 7.05 Å². The molecule has 4 nitrogen and oxygen atoms in total. The molecule has 0 bridgehead atoms. The fourth-order valence-electron chi connectivity index (χ4n) is 0.690. The highest BCUT2D eigenvalue weighted by atomic mass is 16.2. The molecule has 1 rings (SSSR count). The molecule has 1 saturated heterocycles. The Morgan fingerprint density at radius 3 is 1.80 bits per heavy atom. The summed E-state index contributed by atoms with van der Waals surface area (Å²) in [5.41, 5.74) is 4.50. The average Bonchev–Trinajstić information content (AvgIpc) is 1.91. The molecule has 1 fully saturated rings. The summed E-state index contributed by atoms with van der Waals surface area (Å²) in [6.07, 6.45) is 1.72. The van der Waals surface area contributed by atoms with Crippen LogP contribution in [0.1, 0.15) is 19.3 Å². The maximum Gasteiger partial charge on any atom is 0.226 e. The first-order chi connectivity index (χ1) is 4.79. The molecular weight excluding hydrogens is 132 g/mol. The minimum absolute atomic E-state index is 0.138. The fourth-order valence-corrected chi connectivity index (χ4v) is 0.690. The maximum absolute atomic E-state index is 10.3. The highest BCUT2D eigenvalue weighted by molar-refractivity contribution is 5.97. The van der Waals surface area contributed by atoms with Crippen LogP contribution in [0.2, 0.25) is 0 Å². The lowest BCUT2D eigenvalue weighted by Crippen LogP contribution is -2.33. The molecule has 0 aromatic heterocycles. The number of hydrogen-bond donors (Lipinski definition) is 2. The lowest BCUT2D eigenvalue weighted by Gasteiger charge is -2.07. The summed E-state index contributed by atoms with van der Waals surface area (Å²) in [6, 6.07) is 0. The van der Waals surface area contributed by atoms with Crippen molar-refractivity contribution in [1.29, 1.82) is 0 Å². The Hall–Kier alpha value is -0.900. The second-order valence-electron chi connectivity index (χ2n) is 1.82. The quantitative estimate of drug-likeness (QED) is 0.445. The standard InChI is InChI=1S/C5H7NO2.CH5N/c7-4-2-1-3-5(8)6-4;1-2/h1-3H2,(H,6,7,8);2H2,1H3. The Labute approximate surface area is 59.8 Å². The van der Waals surface area contributed by atoms with Gasteiger partial charge in [0.15, 0.2) is 0 Å². The maximum atomic E-state index is 10.3. The van der Waals surface area contributed by atoms with Gasteiger partial charge in [-0.2, -0.15) is 0 Å². The van der Waals surface area contributed by atoms with Gasteiger partial charge in [-0.05, 0) is 13.5 Å². The number of nitrogens with two attached hydrogens (primary N) is 1. The highest BCUT2D eigenvalue weighted by Gasteiger charge is 2.12. The van der Waals surface area contributed by atoms with Gasteiger partial charge in [0, 0.05) is 12.8 Å². The molecule has 0 aromatic rings. The molecule has 1 aliphatic heterocycles. The first-order valence-corrected chi connectivity index (χ1v) is 3.19. The van der Waals surface area contributed by atoms with Crippen LogP contribution in [0.5, 0.6) is 0 Å². The summed E-state index contributed by atoms with van der Waals surface area (Å²) < 4.78 is 0. The predicted octanol–water partition coefficient (Wildman–Crippen LogP) is -0.612.